The number of aryl methyl sites for hydroxylation is 1. The molecule has 2 saturated heterocycles. The van der Waals surface area contributed by atoms with Gasteiger partial charge in [-0.2, -0.15) is 5.10 Å². The van der Waals surface area contributed by atoms with Crippen LogP contribution in [0.4, 0.5) is 0 Å². The average molecular weight is 222 g/mol. The molecule has 2 aliphatic rings. The summed E-state index contributed by atoms with van der Waals surface area (Å²) in [5.74, 6) is 0. The fourth-order valence-corrected chi connectivity index (χ4v) is 2.73. The van der Waals surface area contributed by atoms with Crippen LogP contribution in [0.5, 0.6) is 0 Å². The average Bonchev–Trinajstić information content (AvgIpc) is 2.89. The van der Waals surface area contributed by atoms with E-state index < -0.39 is 0 Å². The molecule has 3 heterocycles. The summed E-state index contributed by atoms with van der Waals surface area (Å²) in [4.78, 5) is 0. The zero-order chi connectivity index (χ0) is 11.0. The van der Waals surface area contributed by atoms with E-state index in [1.165, 1.54) is 0 Å². The van der Waals surface area contributed by atoms with Crippen molar-refractivity contribution in [3.05, 3.63) is 18.0 Å². The molecule has 1 spiro atoms. The molecule has 0 saturated carbocycles. The maximum atomic E-state index is 5.92. The fraction of sp³-hybridized carbons (Fsp3) is 0.750. The molecule has 2 unspecified atom stereocenters. The van der Waals surface area contributed by atoms with Crippen LogP contribution in [0.15, 0.2) is 12.3 Å². The maximum Gasteiger partial charge on any atom is 0.0957 e. The van der Waals surface area contributed by atoms with Crippen molar-refractivity contribution in [3.8, 4) is 0 Å². The van der Waals surface area contributed by atoms with Gasteiger partial charge in [0.2, 0.25) is 0 Å². The van der Waals surface area contributed by atoms with E-state index in [0.29, 0.717) is 6.04 Å². The molecule has 0 aromatic carbocycles. The summed E-state index contributed by atoms with van der Waals surface area (Å²) in [6.07, 6.45) is 5.20. The smallest absolute Gasteiger partial charge is 0.0957 e. The van der Waals surface area contributed by atoms with Crippen LogP contribution in [0.25, 0.3) is 0 Å². The van der Waals surface area contributed by atoms with Gasteiger partial charge in [-0.3, -0.25) is 4.68 Å². The molecule has 4 heteroatoms. The number of ether oxygens (including phenoxy) is 2. The van der Waals surface area contributed by atoms with E-state index in [2.05, 4.69) is 22.0 Å². The van der Waals surface area contributed by atoms with E-state index in [-0.39, 0.29) is 5.60 Å². The molecule has 0 aliphatic carbocycles. The van der Waals surface area contributed by atoms with E-state index in [9.17, 15) is 0 Å². The highest BCUT2D eigenvalue weighted by Crippen LogP contribution is 2.37. The molecule has 88 valence electrons. The Morgan fingerprint density at radius 2 is 2.44 bits per heavy atom. The lowest BCUT2D eigenvalue weighted by Crippen LogP contribution is -2.41. The minimum absolute atomic E-state index is 0.0250. The minimum atomic E-state index is -0.0250. The summed E-state index contributed by atoms with van der Waals surface area (Å²) in [5.41, 5.74) is 1.06. The van der Waals surface area contributed by atoms with E-state index in [4.69, 9.17) is 9.47 Å². The van der Waals surface area contributed by atoms with Crippen LogP contribution in [0.1, 0.15) is 31.0 Å². The predicted molar refractivity (Wildman–Crippen MR) is 59.4 cm³/mol. The summed E-state index contributed by atoms with van der Waals surface area (Å²) in [7, 11) is 0. The van der Waals surface area contributed by atoms with Gasteiger partial charge in [-0.1, -0.05) is 0 Å². The van der Waals surface area contributed by atoms with E-state index in [1.807, 2.05) is 6.92 Å². The molecule has 0 bridgehead atoms. The molecule has 1 aromatic heterocycles. The van der Waals surface area contributed by atoms with E-state index in [0.717, 1.165) is 44.8 Å². The Kier molecular flexibility index (Phi) is 2.48. The quantitative estimate of drug-likeness (QED) is 0.725. The second-order valence-electron chi connectivity index (χ2n) is 4.92. The third-order valence-electron chi connectivity index (χ3n) is 3.65. The van der Waals surface area contributed by atoms with Crippen molar-refractivity contribution in [3.63, 3.8) is 0 Å². The molecule has 2 fully saturated rings. The summed E-state index contributed by atoms with van der Waals surface area (Å²) in [5, 5.41) is 4.51. The lowest BCUT2D eigenvalue weighted by Gasteiger charge is -2.37. The topological polar surface area (TPSA) is 36.3 Å². The Labute approximate surface area is 95.5 Å². The van der Waals surface area contributed by atoms with Crippen molar-refractivity contribution in [2.75, 3.05) is 19.8 Å². The van der Waals surface area contributed by atoms with Crippen molar-refractivity contribution in [1.82, 2.24) is 9.78 Å². The van der Waals surface area contributed by atoms with Crippen LogP contribution in [-0.2, 0) is 9.47 Å². The van der Waals surface area contributed by atoms with Crippen molar-refractivity contribution in [2.24, 2.45) is 0 Å². The van der Waals surface area contributed by atoms with Crippen molar-refractivity contribution in [2.45, 2.75) is 37.8 Å². The molecule has 2 atom stereocenters. The van der Waals surface area contributed by atoms with Gasteiger partial charge < -0.3 is 9.47 Å². The first kappa shape index (κ1) is 10.3. The van der Waals surface area contributed by atoms with Crippen LogP contribution in [0, 0.1) is 6.92 Å². The molecule has 0 N–H and O–H groups in total. The van der Waals surface area contributed by atoms with Gasteiger partial charge in [0.15, 0.2) is 0 Å². The standard InChI is InChI=1S/C12H18N2O2/c1-10-2-5-14(13-10)11-3-6-16-12(8-11)4-7-15-9-12/h2,5,11H,3-4,6-9H2,1H3. The normalized spacial score (nSPS) is 34.7. The van der Waals surface area contributed by atoms with E-state index in [1.54, 1.807) is 0 Å². The Bertz CT molecular complexity index is 369. The van der Waals surface area contributed by atoms with Crippen LogP contribution >= 0.6 is 0 Å². The van der Waals surface area contributed by atoms with Crippen molar-refractivity contribution < 1.29 is 9.47 Å². The van der Waals surface area contributed by atoms with Crippen LogP contribution in [0.2, 0.25) is 0 Å². The van der Waals surface area contributed by atoms with Crippen molar-refractivity contribution >= 4 is 0 Å². The van der Waals surface area contributed by atoms with Gasteiger partial charge >= 0.3 is 0 Å². The van der Waals surface area contributed by atoms with Crippen LogP contribution in [-0.4, -0.2) is 35.2 Å². The first-order valence-corrected chi connectivity index (χ1v) is 6.01. The van der Waals surface area contributed by atoms with Gasteiger partial charge in [-0.05, 0) is 19.4 Å². The molecular formula is C12H18N2O2. The summed E-state index contributed by atoms with van der Waals surface area (Å²) in [6, 6.07) is 2.54. The molecular weight excluding hydrogens is 204 g/mol. The second-order valence-corrected chi connectivity index (χ2v) is 4.92. The summed E-state index contributed by atoms with van der Waals surface area (Å²) >= 11 is 0. The van der Waals surface area contributed by atoms with E-state index >= 15 is 0 Å². The number of aromatic nitrogens is 2. The molecule has 2 aliphatic heterocycles. The Hall–Kier alpha value is -0.870. The zero-order valence-electron chi connectivity index (χ0n) is 9.69. The third-order valence-corrected chi connectivity index (χ3v) is 3.65. The van der Waals surface area contributed by atoms with Gasteiger partial charge in [-0.25, -0.2) is 0 Å². The van der Waals surface area contributed by atoms with Gasteiger partial charge in [0.1, 0.15) is 0 Å². The lowest BCUT2D eigenvalue weighted by molar-refractivity contribution is -0.0962. The number of nitrogens with zero attached hydrogens (tertiary/aromatic N) is 2. The molecule has 0 radical (unpaired) electrons. The Morgan fingerprint density at radius 3 is 3.12 bits per heavy atom. The highest BCUT2D eigenvalue weighted by molar-refractivity contribution is 4.98. The molecule has 1 aromatic rings. The second kappa shape index (κ2) is 3.86. The number of hydrogen-bond donors (Lipinski definition) is 0. The Morgan fingerprint density at radius 1 is 1.50 bits per heavy atom. The highest BCUT2D eigenvalue weighted by atomic mass is 16.6. The number of rotatable bonds is 1. The fourth-order valence-electron chi connectivity index (χ4n) is 2.73. The first-order chi connectivity index (χ1) is 7.77. The molecule has 16 heavy (non-hydrogen) atoms. The molecule has 4 nitrogen and oxygen atoms in total. The maximum absolute atomic E-state index is 5.92. The third kappa shape index (κ3) is 1.76. The first-order valence-electron chi connectivity index (χ1n) is 6.01. The Balaban J connectivity index is 1.77. The van der Waals surface area contributed by atoms with Crippen LogP contribution < -0.4 is 0 Å². The highest BCUT2D eigenvalue weighted by Gasteiger charge is 2.41. The SMILES string of the molecule is Cc1ccn(C2CCOC3(CCOC3)C2)n1. The minimum Gasteiger partial charge on any atom is -0.378 e. The van der Waals surface area contributed by atoms with Crippen LogP contribution in [0.3, 0.4) is 0 Å². The predicted octanol–water partition coefficient (Wildman–Crippen LogP) is 1.70. The van der Waals surface area contributed by atoms with Crippen molar-refractivity contribution in [1.29, 1.82) is 0 Å². The zero-order valence-corrected chi connectivity index (χ0v) is 9.69. The summed E-state index contributed by atoms with van der Waals surface area (Å²) < 4.78 is 13.5. The largest absolute Gasteiger partial charge is 0.378 e. The molecule has 0 amide bonds. The summed E-state index contributed by atoms with van der Waals surface area (Å²) in [6.45, 7) is 4.45. The van der Waals surface area contributed by atoms with Gasteiger partial charge in [0.05, 0.1) is 23.9 Å². The van der Waals surface area contributed by atoms with Gasteiger partial charge in [0.25, 0.3) is 0 Å². The lowest BCUT2D eigenvalue weighted by atomic mass is 9.90. The van der Waals surface area contributed by atoms with Gasteiger partial charge in [0, 0.05) is 32.3 Å². The monoisotopic (exact) mass is 222 g/mol. The molecule has 3 rings (SSSR count). The number of hydrogen-bond acceptors (Lipinski definition) is 3. The van der Waals surface area contributed by atoms with Gasteiger partial charge in [-0.15, -0.1) is 0 Å².